The number of hydrogen-bond donors (Lipinski definition) is 0. The second-order valence-corrected chi connectivity index (χ2v) is 6.50. The van der Waals surface area contributed by atoms with Crippen molar-refractivity contribution < 1.29 is 9.21 Å². The topological polar surface area (TPSA) is 39.9 Å². The van der Waals surface area contributed by atoms with Gasteiger partial charge >= 0.3 is 0 Å². The molecule has 0 aromatic carbocycles. The minimum atomic E-state index is 0.130. The van der Waals surface area contributed by atoms with Gasteiger partial charge in [0, 0.05) is 45.2 Å². The molecule has 2 aliphatic rings. The summed E-state index contributed by atoms with van der Waals surface area (Å²) in [7, 11) is 4.13. The van der Waals surface area contributed by atoms with Crippen LogP contribution in [0.15, 0.2) is 22.8 Å². The predicted octanol–water partition coefficient (Wildman–Crippen LogP) is 1.41. The van der Waals surface area contributed by atoms with Crippen molar-refractivity contribution in [3.05, 3.63) is 24.2 Å². The zero-order chi connectivity index (χ0) is 14.9. The fraction of sp³-hybridized carbons (Fsp3) is 0.688. The zero-order valence-corrected chi connectivity index (χ0v) is 13.0. The first-order valence-corrected chi connectivity index (χ1v) is 7.79. The van der Waals surface area contributed by atoms with E-state index in [2.05, 4.69) is 16.8 Å². The largest absolute Gasteiger partial charge is 0.468 e. The van der Waals surface area contributed by atoms with Crippen LogP contribution in [-0.2, 0) is 11.3 Å². The van der Waals surface area contributed by atoms with Crippen LogP contribution < -0.4 is 0 Å². The number of rotatable bonds is 2. The number of carbonyl (C=O) groups excluding carboxylic acids is 1. The van der Waals surface area contributed by atoms with E-state index in [-0.39, 0.29) is 11.4 Å². The van der Waals surface area contributed by atoms with Gasteiger partial charge in [-0.2, -0.15) is 0 Å². The molecule has 3 rings (SSSR count). The van der Waals surface area contributed by atoms with Crippen molar-refractivity contribution in [2.24, 2.45) is 0 Å². The molecule has 1 unspecified atom stereocenters. The van der Waals surface area contributed by atoms with Gasteiger partial charge in [-0.3, -0.25) is 14.6 Å². The van der Waals surface area contributed by atoms with E-state index in [0.29, 0.717) is 6.42 Å². The Kier molecular flexibility index (Phi) is 4.04. The van der Waals surface area contributed by atoms with Gasteiger partial charge in [0.2, 0.25) is 5.91 Å². The number of furan rings is 1. The second kappa shape index (κ2) is 5.81. The molecule has 0 N–H and O–H groups in total. The highest BCUT2D eigenvalue weighted by Gasteiger charge is 2.41. The third kappa shape index (κ3) is 2.99. The number of likely N-dealkylation sites (N-methyl/N-ethyl adjacent to an activating group) is 1. The minimum Gasteiger partial charge on any atom is -0.468 e. The Morgan fingerprint density at radius 3 is 2.86 bits per heavy atom. The maximum absolute atomic E-state index is 12.0. The van der Waals surface area contributed by atoms with Crippen molar-refractivity contribution in [3.8, 4) is 0 Å². The lowest BCUT2D eigenvalue weighted by Crippen LogP contribution is -2.60. The SMILES string of the molecule is CN1CCC2(CCC1=O)CN(Cc1ccco1)CCN2C. The van der Waals surface area contributed by atoms with Gasteiger partial charge in [-0.05, 0) is 32.0 Å². The molecule has 1 amide bonds. The molecule has 0 bridgehead atoms. The number of likely N-dealkylation sites (tertiary alicyclic amines) is 1. The van der Waals surface area contributed by atoms with Gasteiger partial charge in [-0.25, -0.2) is 0 Å². The Bertz CT molecular complexity index is 488. The van der Waals surface area contributed by atoms with E-state index in [4.69, 9.17) is 4.42 Å². The molecular weight excluding hydrogens is 266 g/mol. The first-order chi connectivity index (χ1) is 10.1. The summed E-state index contributed by atoms with van der Waals surface area (Å²) in [6.07, 6.45) is 4.41. The summed E-state index contributed by atoms with van der Waals surface area (Å²) in [6.45, 7) is 4.86. The third-order valence-corrected chi connectivity index (χ3v) is 5.18. The summed E-state index contributed by atoms with van der Waals surface area (Å²) in [5.41, 5.74) is 0.130. The molecule has 5 heteroatoms. The van der Waals surface area contributed by atoms with Crippen LogP contribution >= 0.6 is 0 Å². The molecule has 0 saturated carbocycles. The highest BCUT2D eigenvalue weighted by Crippen LogP contribution is 2.32. The van der Waals surface area contributed by atoms with E-state index in [1.54, 1.807) is 6.26 Å². The maximum Gasteiger partial charge on any atom is 0.222 e. The summed E-state index contributed by atoms with van der Waals surface area (Å²) >= 11 is 0. The van der Waals surface area contributed by atoms with Crippen LogP contribution in [0.25, 0.3) is 0 Å². The van der Waals surface area contributed by atoms with Crippen LogP contribution in [0.2, 0.25) is 0 Å². The van der Waals surface area contributed by atoms with Crippen molar-refractivity contribution >= 4 is 5.91 Å². The van der Waals surface area contributed by atoms with Crippen LogP contribution in [0.3, 0.4) is 0 Å². The normalized spacial score (nSPS) is 29.0. The lowest BCUT2D eigenvalue weighted by atomic mass is 9.86. The van der Waals surface area contributed by atoms with Crippen LogP contribution in [-0.4, -0.2) is 66.4 Å². The molecule has 2 saturated heterocycles. The molecule has 1 aromatic heterocycles. The smallest absolute Gasteiger partial charge is 0.222 e. The van der Waals surface area contributed by atoms with E-state index in [9.17, 15) is 4.79 Å². The quantitative estimate of drug-likeness (QED) is 0.826. The Balaban J connectivity index is 1.71. The number of hydrogen-bond acceptors (Lipinski definition) is 4. The van der Waals surface area contributed by atoms with Crippen molar-refractivity contribution in [2.45, 2.75) is 31.3 Å². The zero-order valence-electron chi connectivity index (χ0n) is 13.0. The standard InChI is InChI=1S/C16H25N3O2/c1-17-8-7-16(6-5-15(17)20)13-19(10-9-18(16)2)12-14-4-3-11-21-14/h3-4,11H,5-10,12-13H2,1-2H3. The molecule has 1 spiro atoms. The number of amides is 1. The molecular formula is C16H25N3O2. The van der Waals surface area contributed by atoms with Gasteiger partial charge in [-0.15, -0.1) is 0 Å². The number of piperazine rings is 1. The van der Waals surface area contributed by atoms with Gasteiger partial charge < -0.3 is 9.32 Å². The van der Waals surface area contributed by atoms with Crippen LogP contribution in [0, 0.1) is 0 Å². The molecule has 1 atom stereocenters. The molecule has 0 radical (unpaired) electrons. The van der Waals surface area contributed by atoms with E-state index < -0.39 is 0 Å². The monoisotopic (exact) mass is 291 g/mol. The Morgan fingerprint density at radius 1 is 1.24 bits per heavy atom. The van der Waals surface area contributed by atoms with Crippen molar-refractivity contribution in [1.82, 2.24) is 14.7 Å². The molecule has 3 heterocycles. The Hall–Kier alpha value is -1.33. The molecule has 116 valence electrons. The van der Waals surface area contributed by atoms with E-state index in [1.165, 1.54) is 0 Å². The third-order valence-electron chi connectivity index (χ3n) is 5.18. The molecule has 1 aromatic rings. The van der Waals surface area contributed by atoms with Gasteiger partial charge in [0.05, 0.1) is 12.8 Å². The average Bonchev–Trinajstić information content (AvgIpc) is 2.94. The predicted molar refractivity (Wildman–Crippen MR) is 80.8 cm³/mol. The first kappa shape index (κ1) is 14.6. The molecule has 2 aliphatic heterocycles. The first-order valence-electron chi connectivity index (χ1n) is 7.79. The Morgan fingerprint density at radius 2 is 2.10 bits per heavy atom. The van der Waals surface area contributed by atoms with E-state index in [0.717, 1.165) is 51.3 Å². The van der Waals surface area contributed by atoms with E-state index >= 15 is 0 Å². The van der Waals surface area contributed by atoms with Gasteiger partial charge in [0.1, 0.15) is 5.76 Å². The van der Waals surface area contributed by atoms with Crippen molar-refractivity contribution in [3.63, 3.8) is 0 Å². The molecule has 2 fully saturated rings. The number of nitrogens with zero attached hydrogens (tertiary/aromatic N) is 3. The van der Waals surface area contributed by atoms with Gasteiger partial charge in [0.15, 0.2) is 0 Å². The maximum atomic E-state index is 12.0. The van der Waals surface area contributed by atoms with Crippen LogP contribution in [0.5, 0.6) is 0 Å². The molecule has 5 nitrogen and oxygen atoms in total. The van der Waals surface area contributed by atoms with Crippen molar-refractivity contribution in [1.29, 1.82) is 0 Å². The summed E-state index contributed by atoms with van der Waals surface area (Å²) in [4.78, 5) is 18.8. The molecule has 0 aliphatic carbocycles. The fourth-order valence-electron chi connectivity index (χ4n) is 3.60. The Labute approximate surface area is 126 Å². The van der Waals surface area contributed by atoms with Gasteiger partial charge in [-0.1, -0.05) is 0 Å². The number of carbonyl (C=O) groups is 1. The minimum absolute atomic E-state index is 0.130. The lowest BCUT2D eigenvalue weighted by molar-refractivity contribution is -0.129. The second-order valence-electron chi connectivity index (χ2n) is 6.50. The average molecular weight is 291 g/mol. The highest BCUT2D eigenvalue weighted by molar-refractivity contribution is 5.76. The van der Waals surface area contributed by atoms with Crippen LogP contribution in [0.1, 0.15) is 25.0 Å². The summed E-state index contributed by atoms with van der Waals surface area (Å²) in [5, 5.41) is 0. The van der Waals surface area contributed by atoms with Crippen molar-refractivity contribution in [2.75, 3.05) is 40.3 Å². The molecule has 21 heavy (non-hydrogen) atoms. The fourth-order valence-corrected chi connectivity index (χ4v) is 3.60. The summed E-state index contributed by atoms with van der Waals surface area (Å²) < 4.78 is 5.48. The van der Waals surface area contributed by atoms with Gasteiger partial charge in [0.25, 0.3) is 0 Å². The lowest BCUT2D eigenvalue weighted by Gasteiger charge is -2.49. The van der Waals surface area contributed by atoms with E-state index in [1.807, 2.05) is 24.1 Å². The highest BCUT2D eigenvalue weighted by atomic mass is 16.3. The van der Waals surface area contributed by atoms with Crippen LogP contribution in [0.4, 0.5) is 0 Å². The summed E-state index contributed by atoms with van der Waals surface area (Å²) in [5.74, 6) is 1.31. The summed E-state index contributed by atoms with van der Waals surface area (Å²) in [6, 6.07) is 3.98.